The first-order valence-corrected chi connectivity index (χ1v) is 10.8. The maximum absolute atomic E-state index is 12.6. The van der Waals surface area contributed by atoms with E-state index in [4.69, 9.17) is 0 Å². The molecule has 5 aliphatic carbocycles. The van der Waals surface area contributed by atoms with E-state index >= 15 is 0 Å². The molecule has 5 rings (SSSR count). The molecule has 2 amide bonds. The molecule has 6 atom stereocenters. The number of nitrogens with one attached hydrogen (secondary N) is 2. The fourth-order valence-corrected chi connectivity index (χ4v) is 6.69. The van der Waals surface area contributed by atoms with Crippen molar-refractivity contribution in [2.24, 2.45) is 41.4 Å². The Morgan fingerprint density at radius 3 is 1.88 bits per heavy atom. The van der Waals surface area contributed by atoms with Gasteiger partial charge in [0, 0.05) is 24.4 Å². The van der Waals surface area contributed by atoms with Crippen LogP contribution in [0.15, 0.2) is 0 Å². The molecule has 4 nitrogen and oxygen atoms in total. The van der Waals surface area contributed by atoms with Crippen molar-refractivity contribution in [2.45, 2.75) is 70.3 Å². The van der Waals surface area contributed by atoms with E-state index in [1.54, 1.807) is 0 Å². The van der Waals surface area contributed by atoms with Crippen LogP contribution in [0.25, 0.3) is 0 Å². The Morgan fingerprint density at radius 2 is 1.24 bits per heavy atom. The molecule has 6 unspecified atom stereocenters. The Bertz CT molecular complexity index is 542. The first-order valence-electron chi connectivity index (χ1n) is 10.8. The van der Waals surface area contributed by atoms with Crippen LogP contribution >= 0.6 is 0 Å². The highest BCUT2D eigenvalue weighted by Crippen LogP contribution is 2.58. The molecule has 0 spiro atoms. The summed E-state index contributed by atoms with van der Waals surface area (Å²) in [4.78, 5) is 25.1. The molecule has 0 radical (unpaired) electrons. The van der Waals surface area contributed by atoms with Crippen LogP contribution in [0.2, 0.25) is 0 Å². The number of fused-ring (bicyclic) bond motifs is 2. The molecule has 4 heteroatoms. The van der Waals surface area contributed by atoms with Crippen LogP contribution in [0.1, 0.15) is 64.2 Å². The van der Waals surface area contributed by atoms with Crippen molar-refractivity contribution in [3.8, 4) is 0 Å². The molecular weight excluding hydrogens is 312 g/mol. The second-order valence-electron chi connectivity index (χ2n) is 9.47. The number of hydrogen-bond acceptors (Lipinski definition) is 2. The van der Waals surface area contributed by atoms with Crippen molar-refractivity contribution in [1.82, 2.24) is 10.6 Å². The predicted molar refractivity (Wildman–Crippen MR) is 95.5 cm³/mol. The summed E-state index contributed by atoms with van der Waals surface area (Å²) in [5.41, 5.74) is 0. The summed E-state index contributed by atoms with van der Waals surface area (Å²) in [6.07, 6.45) is 12.3. The van der Waals surface area contributed by atoms with Gasteiger partial charge in [0.2, 0.25) is 11.8 Å². The first-order chi connectivity index (χ1) is 12.2. The molecule has 5 aliphatic rings. The van der Waals surface area contributed by atoms with E-state index in [0.717, 1.165) is 19.4 Å². The molecule has 0 saturated heterocycles. The average Bonchev–Trinajstić information content (AvgIpc) is 3.33. The summed E-state index contributed by atoms with van der Waals surface area (Å²) >= 11 is 0. The van der Waals surface area contributed by atoms with E-state index in [0.29, 0.717) is 53.2 Å². The minimum atomic E-state index is 0.279. The van der Waals surface area contributed by atoms with Crippen molar-refractivity contribution < 1.29 is 9.59 Å². The van der Waals surface area contributed by atoms with E-state index in [-0.39, 0.29) is 6.04 Å². The van der Waals surface area contributed by atoms with Crippen molar-refractivity contribution in [2.75, 3.05) is 6.54 Å². The Hall–Kier alpha value is -1.06. The second kappa shape index (κ2) is 6.28. The summed E-state index contributed by atoms with van der Waals surface area (Å²) < 4.78 is 0. The largest absolute Gasteiger partial charge is 0.355 e. The third-order valence-electron chi connectivity index (χ3n) is 8.19. The van der Waals surface area contributed by atoms with E-state index in [1.807, 2.05) is 0 Å². The van der Waals surface area contributed by atoms with E-state index < -0.39 is 0 Å². The highest BCUT2D eigenvalue weighted by atomic mass is 16.2. The molecule has 0 aromatic heterocycles. The molecule has 5 saturated carbocycles. The maximum Gasteiger partial charge on any atom is 0.223 e. The lowest BCUT2D eigenvalue weighted by molar-refractivity contribution is -0.124. The lowest BCUT2D eigenvalue weighted by atomic mass is 9.84. The quantitative estimate of drug-likeness (QED) is 0.806. The molecule has 0 bridgehead atoms. The van der Waals surface area contributed by atoms with Crippen molar-refractivity contribution >= 4 is 11.8 Å². The summed E-state index contributed by atoms with van der Waals surface area (Å²) in [5, 5.41) is 6.62. The predicted octanol–water partition coefficient (Wildman–Crippen LogP) is 2.87. The van der Waals surface area contributed by atoms with Gasteiger partial charge in [-0.1, -0.05) is 25.7 Å². The Kier molecular flexibility index (Phi) is 4.05. The zero-order chi connectivity index (χ0) is 17.0. The summed E-state index contributed by atoms with van der Waals surface area (Å²) in [6, 6.07) is 0.279. The van der Waals surface area contributed by atoms with E-state index in [1.165, 1.54) is 51.4 Å². The maximum atomic E-state index is 12.6. The van der Waals surface area contributed by atoms with Gasteiger partial charge in [-0.3, -0.25) is 9.59 Å². The van der Waals surface area contributed by atoms with Crippen molar-refractivity contribution in [1.29, 1.82) is 0 Å². The standard InChI is InChI=1S/C21H32N2O2/c24-20(18-13-6-3-7-14(13)18)22-11-12-5-1-2-10-17(12)23-21(25)19-15-8-4-9-16(15)19/h12-19H,1-11H2,(H,22,24)(H,23,25). The summed E-state index contributed by atoms with van der Waals surface area (Å²) in [5.74, 6) is 4.43. The van der Waals surface area contributed by atoms with Gasteiger partial charge in [-0.2, -0.15) is 0 Å². The third kappa shape index (κ3) is 2.90. The number of rotatable bonds is 5. The third-order valence-corrected chi connectivity index (χ3v) is 8.19. The second-order valence-corrected chi connectivity index (χ2v) is 9.47. The summed E-state index contributed by atoms with van der Waals surface area (Å²) in [6.45, 7) is 0.761. The van der Waals surface area contributed by atoms with Crippen LogP contribution in [0.3, 0.4) is 0 Å². The van der Waals surface area contributed by atoms with Gasteiger partial charge >= 0.3 is 0 Å². The van der Waals surface area contributed by atoms with E-state index in [9.17, 15) is 9.59 Å². The lowest BCUT2D eigenvalue weighted by Gasteiger charge is -2.32. The number of carbonyl (C=O) groups excluding carboxylic acids is 2. The zero-order valence-electron chi connectivity index (χ0n) is 15.2. The van der Waals surface area contributed by atoms with Crippen molar-refractivity contribution in [3.63, 3.8) is 0 Å². The van der Waals surface area contributed by atoms with Crippen LogP contribution < -0.4 is 10.6 Å². The monoisotopic (exact) mass is 344 g/mol. The molecular formula is C21H32N2O2. The fraction of sp³-hybridized carbons (Fsp3) is 0.905. The molecule has 0 aliphatic heterocycles. The smallest absolute Gasteiger partial charge is 0.223 e. The van der Waals surface area contributed by atoms with Gasteiger partial charge in [0.1, 0.15) is 0 Å². The molecule has 0 heterocycles. The van der Waals surface area contributed by atoms with Crippen LogP contribution in [0.5, 0.6) is 0 Å². The zero-order valence-corrected chi connectivity index (χ0v) is 15.2. The molecule has 138 valence electrons. The van der Waals surface area contributed by atoms with Crippen LogP contribution in [0, 0.1) is 41.4 Å². The number of hydrogen-bond donors (Lipinski definition) is 2. The van der Waals surface area contributed by atoms with Gasteiger partial charge in [0.05, 0.1) is 0 Å². The minimum Gasteiger partial charge on any atom is -0.355 e. The molecule has 25 heavy (non-hydrogen) atoms. The van der Waals surface area contributed by atoms with Gasteiger partial charge in [-0.05, 0) is 68.1 Å². The van der Waals surface area contributed by atoms with Gasteiger partial charge in [-0.15, -0.1) is 0 Å². The van der Waals surface area contributed by atoms with Crippen LogP contribution in [0.4, 0.5) is 0 Å². The first kappa shape index (κ1) is 16.1. The molecule has 0 aromatic carbocycles. The van der Waals surface area contributed by atoms with Crippen LogP contribution in [-0.4, -0.2) is 24.4 Å². The number of carbonyl (C=O) groups is 2. The summed E-state index contributed by atoms with van der Waals surface area (Å²) in [7, 11) is 0. The fourth-order valence-electron chi connectivity index (χ4n) is 6.69. The molecule has 5 fully saturated rings. The van der Waals surface area contributed by atoms with Crippen LogP contribution in [-0.2, 0) is 9.59 Å². The van der Waals surface area contributed by atoms with Gasteiger partial charge in [0.25, 0.3) is 0 Å². The topological polar surface area (TPSA) is 58.2 Å². The Morgan fingerprint density at radius 1 is 0.680 bits per heavy atom. The lowest BCUT2D eigenvalue weighted by Crippen LogP contribution is -2.47. The highest BCUT2D eigenvalue weighted by molar-refractivity contribution is 5.83. The van der Waals surface area contributed by atoms with Gasteiger partial charge in [0.15, 0.2) is 0 Å². The Balaban J connectivity index is 1.12. The van der Waals surface area contributed by atoms with E-state index in [2.05, 4.69) is 10.6 Å². The number of amides is 2. The molecule has 2 N–H and O–H groups in total. The normalized spacial score (nSPS) is 46.9. The Labute approximate surface area is 150 Å². The highest BCUT2D eigenvalue weighted by Gasteiger charge is 2.57. The molecule has 0 aromatic rings. The average molecular weight is 344 g/mol. The minimum absolute atomic E-state index is 0.279. The van der Waals surface area contributed by atoms with Gasteiger partial charge in [-0.25, -0.2) is 0 Å². The van der Waals surface area contributed by atoms with Gasteiger partial charge < -0.3 is 10.6 Å². The van der Waals surface area contributed by atoms with Crippen molar-refractivity contribution in [3.05, 3.63) is 0 Å². The SMILES string of the molecule is O=C(NCC1CCCCC1NC(=O)C1C2CCCC21)C1C2CCCC21.